The number of urea groups is 1. The number of rotatable bonds is 6. The topological polar surface area (TPSA) is 89.7 Å². The van der Waals surface area contributed by atoms with Crippen molar-refractivity contribution in [1.82, 2.24) is 15.0 Å². The molecule has 0 spiro atoms. The summed E-state index contributed by atoms with van der Waals surface area (Å²) in [5.74, 6) is 0.246. The molecular weight excluding hydrogens is 410 g/mol. The molecule has 0 saturated carbocycles. The lowest BCUT2D eigenvalue weighted by molar-refractivity contribution is 0.203. The Balaban J connectivity index is 1.39. The maximum absolute atomic E-state index is 13.9. The van der Waals surface area contributed by atoms with Crippen LogP contribution in [0.1, 0.15) is 30.6 Å². The molecule has 8 nitrogen and oxygen atoms in total. The van der Waals surface area contributed by atoms with Crippen molar-refractivity contribution in [2.24, 2.45) is 0 Å². The van der Waals surface area contributed by atoms with Gasteiger partial charge in [-0.05, 0) is 49.2 Å². The summed E-state index contributed by atoms with van der Waals surface area (Å²) in [4.78, 5) is 18.6. The summed E-state index contributed by atoms with van der Waals surface area (Å²) in [5.41, 5.74) is 0.315. The summed E-state index contributed by atoms with van der Waals surface area (Å²) in [5, 5.41) is 6.66. The van der Waals surface area contributed by atoms with Crippen LogP contribution in [0.25, 0.3) is 0 Å². The Kier molecular flexibility index (Phi) is 5.96. The van der Waals surface area contributed by atoms with Gasteiger partial charge in [0.25, 0.3) is 5.89 Å². The molecule has 1 atom stereocenters. The van der Waals surface area contributed by atoms with Gasteiger partial charge in [-0.1, -0.05) is 5.16 Å². The largest absolute Gasteiger partial charge is 0.494 e. The number of methoxy groups -OCH3 is 1. The number of hydrogen-bond donors (Lipinski definition) is 1. The molecule has 2 amide bonds. The van der Waals surface area contributed by atoms with Crippen LogP contribution in [-0.2, 0) is 6.61 Å². The van der Waals surface area contributed by atoms with Crippen LogP contribution in [-0.4, -0.2) is 34.7 Å². The number of ether oxygens (including phenoxy) is 2. The first kappa shape index (κ1) is 20.6. The maximum atomic E-state index is 13.9. The second kappa shape index (κ2) is 8.99. The molecule has 31 heavy (non-hydrogen) atoms. The minimum atomic E-state index is -0.567. The third kappa shape index (κ3) is 4.73. The molecule has 1 N–H and O–H groups in total. The van der Waals surface area contributed by atoms with Gasteiger partial charge in [0.05, 0.1) is 13.2 Å². The van der Waals surface area contributed by atoms with E-state index in [0.717, 1.165) is 6.42 Å². The summed E-state index contributed by atoms with van der Waals surface area (Å²) in [6, 6.07) is 9.02. The van der Waals surface area contributed by atoms with E-state index in [2.05, 4.69) is 15.5 Å². The number of nitrogens with one attached hydrogen (secondary N) is 1. The van der Waals surface area contributed by atoms with Crippen LogP contribution in [0, 0.1) is 11.6 Å². The molecule has 1 aliphatic rings. The molecule has 3 aromatic rings. The van der Waals surface area contributed by atoms with Crippen LogP contribution < -0.4 is 14.8 Å². The molecule has 1 fully saturated rings. The second-order valence-electron chi connectivity index (χ2n) is 6.92. The monoisotopic (exact) mass is 430 g/mol. The van der Waals surface area contributed by atoms with Gasteiger partial charge in [-0.3, -0.25) is 0 Å². The summed E-state index contributed by atoms with van der Waals surface area (Å²) >= 11 is 0. The molecule has 162 valence electrons. The Labute approximate surface area is 176 Å². The van der Waals surface area contributed by atoms with Gasteiger partial charge in [-0.25, -0.2) is 13.6 Å². The summed E-state index contributed by atoms with van der Waals surface area (Å²) in [6.07, 6.45) is 1.44. The van der Waals surface area contributed by atoms with E-state index in [-0.39, 0.29) is 36.1 Å². The highest BCUT2D eigenvalue weighted by molar-refractivity contribution is 5.89. The fourth-order valence-electron chi connectivity index (χ4n) is 3.36. The van der Waals surface area contributed by atoms with Crippen molar-refractivity contribution < 1.29 is 27.6 Å². The van der Waals surface area contributed by atoms with E-state index in [1.807, 2.05) is 0 Å². The van der Waals surface area contributed by atoms with Crippen LogP contribution >= 0.6 is 0 Å². The number of anilines is 1. The molecule has 1 unspecified atom stereocenters. The van der Waals surface area contributed by atoms with Gasteiger partial charge in [-0.15, -0.1) is 0 Å². The van der Waals surface area contributed by atoms with E-state index in [0.29, 0.717) is 30.2 Å². The number of aromatic nitrogens is 2. The van der Waals surface area contributed by atoms with E-state index in [9.17, 15) is 13.6 Å². The third-order valence-corrected chi connectivity index (χ3v) is 4.87. The second-order valence-corrected chi connectivity index (χ2v) is 6.92. The molecule has 0 bridgehead atoms. The Bertz CT molecular complexity index is 1060. The van der Waals surface area contributed by atoms with Gasteiger partial charge in [-0.2, -0.15) is 4.98 Å². The summed E-state index contributed by atoms with van der Waals surface area (Å²) in [7, 11) is 1.37. The van der Waals surface area contributed by atoms with Crippen molar-refractivity contribution in [3.63, 3.8) is 0 Å². The number of benzene rings is 2. The summed E-state index contributed by atoms with van der Waals surface area (Å²) in [6.45, 7) is 0.522. The number of halogens is 2. The fourth-order valence-corrected chi connectivity index (χ4v) is 3.36. The number of likely N-dealkylation sites (tertiary alicyclic amines) is 1. The lowest BCUT2D eigenvalue weighted by atomic mass is 10.2. The molecule has 0 radical (unpaired) electrons. The molecule has 1 aliphatic heterocycles. The zero-order chi connectivity index (χ0) is 21.8. The predicted molar refractivity (Wildman–Crippen MR) is 106 cm³/mol. The molecule has 0 aliphatic carbocycles. The Morgan fingerprint density at radius 2 is 2.06 bits per heavy atom. The third-order valence-electron chi connectivity index (χ3n) is 4.87. The number of hydrogen-bond acceptors (Lipinski definition) is 6. The first-order chi connectivity index (χ1) is 15.0. The van der Waals surface area contributed by atoms with Crippen molar-refractivity contribution in [2.45, 2.75) is 25.5 Å². The van der Waals surface area contributed by atoms with Crippen LogP contribution in [0.4, 0.5) is 19.3 Å². The molecule has 1 saturated heterocycles. The average Bonchev–Trinajstić information content (AvgIpc) is 3.43. The lowest BCUT2D eigenvalue weighted by Gasteiger charge is -2.22. The van der Waals surface area contributed by atoms with E-state index < -0.39 is 5.82 Å². The zero-order valence-electron chi connectivity index (χ0n) is 16.7. The normalized spacial score (nSPS) is 15.7. The highest BCUT2D eigenvalue weighted by Crippen LogP contribution is 2.31. The highest BCUT2D eigenvalue weighted by atomic mass is 19.1. The van der Waals surface area contributed by atoms with Gasteiger partial charge >= 0.3 is 6.03 Å². The van der Waals surface area contributed by atoms with Gasteiger partial charge in [0.1, 0.15) is 11.6 Å². The minimum Gasteiger partial charge on any atom is -0.494 e. The van der Waals surface area contributed by atoms with Crippen molar-refractivity contribution >= 4 is 11.7 Å². The van der Waals surface area contributed by atoms with E-state index in [4.69, 9.17) is 14.0 Å². The SMILES string of the molecule is COc1ccc(NC(=O)N2CCCC2c2noc(COc3ccc(F)cc3)n2)cc1F. The predicted octanol–water partition coefficient (Wildman–Crippen LogP) is 4.30. The zero-order valence-corrected chi connectivity index (χ0v) is 16.7. The molecule has 2 heterocycles. The van der Waals surface area contributed by atoms with Crippen molar-refractivity contribution in [3.8, 4) is 11.5 Å². The molecule has 4 rings (SSSR count). The number of amides is 2. The summed E-state index contributed by atoms with van der Waals surface area (Å²) < 4.78 is 42.5. The van der Waals surface area contributed by atoms with E-state index in [1.165, 1.54) is 43.5 Å². The molecule has 10 heteroatoms. The fraction of sp³-hybridized carbons (Fsp3) is 0.286. The standard InChI is InChI=1S/C21H20F2N4O4/c1-29-18-9-6-14(11-16(18)23)24-21(28)27-10-2-3-17(27)20-25-19(31-26-20)12-30-15-7-4-13(22)5-8-15/h4-9,11,17H,2-3,10,12H2,1H3,(H,24,28). The maximum Gasteiger partial charge on any atom is 0.322 e. The number of carbonyl (C=O) groups excluding carboxylic acids is 1. The van der Waals surface area contributed by atoms with Crippen LogP contribution in [0.2, 0.25) is 0 Å². The van der Waals surface area contributed by atoms with Gasteiger partial charge in [0.15, 0.2) is 24.0 Å². The number of carbonyl (C=O) groups is 1. The van der Waals surface area contributed by atoms with Crippen molar-refractivity contribution in [1.29, 1.82) is 0 Å². The molecular formula is C21H20F2N4O4. The van der Waals surface area contributed by atoms with Gasteiger partial charge in [0.2, 0.25) is 0 Å². The van der Waals surface area contributed by atoms with Crippen LogP contribution in [0.3, 0.4) is 0 Å². The quantitative estimate of drug-likeness (QED) is 0.627. The van der Waals surface area contributed by atoms with Crippen molar-refractivity contribution in [2.75, 3.05) is 19.0 Å². The highest BCUT2D eigenvalue weighted by Gasteiger charge is 2.33. The number of nitrogens with zero attached hydrogens (tertiary/aromatic N) is 3. The van der Waals surface area contributed by atoms with E-state index >= 15 is 0 Å². The first-order valence-electron chi connectivity index (χ1n) is 9.65. The Morgan fingerprint density at radius 3 is 2.81 bits per heavy atom. The Morgan fingerprint density at radius 1 is 1.26 bits per heavy atom. The molecule has 2 aromatic carbocycles. The van der Waals surface area contributed by atoms with Crippen LogP contribution in [0.15, 0.2) is 47.0 Å². The lowest BCUT2D eigenvalue weighted by Crippen LogP contribution is -2.34. The van der Waals surface area contributed by atoms with Crippen molar-refractivity contribution in [3.05, 3.63) is 65.8 Å². The average molecular weight is 430 g/mol. The van der Waals surface area contributed by atoms with Gasteiger partial charge < -0.3 is 24.2 Å². The van der Waals surface area contributed by atoms with Crippen LogP contribution in [0.5, 0.6) is 11.5 Å². The molecule has 1 aromatic heterocycles. The minimum absolute atomic E-state index is 0.0165. The Hall–Kier alpha value is -3.69. The van der Waals surface area contributed by atoms with Gasteiger partial charge in [0, 0.05) is 18.3 Å². The van der Waals surface area contributed by atoms with E-state index in [1.54, 1.807) is 11.0 Å². The first-order valence-corrected chi connectivity index (χ1v) is 9.65. The smallest absolute Gasteiger partial charge is 0.322 e.